The van der Waals surface area contributed by atoms with Crippen molar-refractivity contribution in [2.75, 3.05) is 4.72 Å². The van der Waals surface area contributed by atoms with Crippen molar-refractivity contribution in [2.24, 2.45) is 0 Å². The van der Waals surface area contributed by atoms with Crippen LogP contribution in [0.1, 0.15) is 16.7 Å². The van der Waals surface area contributed by atoms with Crippen molar-refractivity contribution in [1.82, 2.24) is 9.97 Å². The number of hydrogen-bond donors (Lipinski definition) is 3. The molecule has 0 fully saturated rings. The lowest BCUT2D eigenvalue weighted by Gasteiger charge is -2.11. The van der Waals surface area contributed by atoms with Crippen molar-refractivity contribution in [3.05, 3.63) is 63.6 Å². The Balaban J connectivity index is 1.90. The van der Waals surface area contributed by atoms with E-state index in [9.17, 15) is 13.2 Å². The summed E-state index contributed by atoms with van der Waals surface area (Å²) in [7, 11) is -3.54. The number of benzene rings is 2. The van der Waals surface area contributed by atoms with E-state index in [0.29, 0.717) is 16.7 Å². The van der Waals surface area contributed by atoms with E-state index in [1.165, 1.54) is 0 Å². The largest absolute Gasteiger partial charge is 0.323 e. The smallest absolute Gasteiger partial charge is 0.306 e. The molecule has 0 unspecified atom stereocenters. The van der Waals surface area contributed by atoms with Gasteiger partial charge in [-0.1, -0.05) is 29.8 Å². The van der Waals surface area contributed by atoms with Crippen LogP contribution in [0.25, 0.3) is 11.0 Å². The van der Waals surface area contributed by atoms with E-state index in [4.69, 9.17) is 0 Å². The monoisotopic (exact) mass is 331 g/mol. The molecular weight excluding hydrogens is 314 g/mol. The van der Waals surface area contributed by atoms with Crippen LogP contribution < -0.4 is 10.4 Å². The first kappa shape index (κ1) is 15.4. The average Bonchev–Trinajstić information content (AvgIpc) is 2.77. The highest BCUT2D eigenvalue weighted by Gasteiger charge is 2.14. The third-order valence-electron chi connectivity index (χ3n) is 3.57. The maximum atomic E-state index is 12.4. The van der Waals surface area contributed by atoms with E-state index in [1.807, 2.05) is 25.1 Å². The number of fused-ring (bicyclic) bond motifs is 1. The van der Waals surface area contributed by atoms with Crippen molar-refractivity contribution < 1.29 is 8.42 Å². The number of H-pyrrole nitrogens is 2. The Hall–Kier alpha value is -2.54. The van der Waals surface area contributed by atoms with Crippen LogP contribution in [0.4, 0.5) is 5.69 Å². The van der Waals surface area contributed by atoms with Crippen molar-refractivity contribution >= 4 is 26.7 Å². The van der Waals surface area contributed by atoms with E-state index in [1.54, 1.807) is 25.1 Å². The Morgan fingerprint density at radius 2 is 1.74 bits per heavy atom. The highest BCUT2D eigenvalue weighted by molar-refractivity contribution is 7.91. The molecular formula is C16H17N3O3S. The lowest BCUT2D eigenvalue weighted by Crippen LogP contribution is -2.15. The van der Waals surface area contributed by atoms with E-state index >= 15 is 0 Å². The molecule has 0 amide bonds. The van der Waals surface area contributed by atoms with E-state index in [0.717, 1.165) is 16.7 Å². The van der Waals surface area contributed by atoms with Crippen molar-refractivity contribution in [3.63, 3.8) is 0 Å². The number of nitrogens with one attached hydrogen (secondary N) is 3. The Bertz CT molecular complexity index is 1030. The molecule has 0 bridgehead atoms. The Kier molecular flexibility index (Phi) is 3.73. The van der Waals surface area contributed by atoms with Gasteiger partial charge in [-0.25, -0.2) is 13.2 Å². The van der Waals surface area contributed by atoms with Crippen LogP contribution in [0.3, 0.4) is 0 Å². The minimum absolute atomic E-state index is 0.101. The molecule has 0 atom stereocenters. The van der Waals surface area contributed by atoms with E-state index in [-0.39, 0.29) is 11.4 Å². The molecule has 2 aromatic carbocycles. The molecule has 3 N–H and O–H groups in total. The molecule has 0 radical (unpaired) electrons. The third-order valence-corrected chi connectivity index (χ3v) is 4.81. The molecule has 0 saturated heterocycles. The third kappa shape index (κ3) is 3.45. The lowest BCUT2D eigenvalue weighted by molar-refractivity contribution is 0.600. The molecule has 3 rings (SSSR count). The summed E-state index contributed by atoms with van der Waals surface area (Å²) in [5, 5.41) is 0. The first-order chi connectivity index (χ1) is 10.8. The van der Waals surface area contributed by atoms with Crippen LogP contribution in [0, 0.1) is 13.8 Å². The van der Waals surface area contributed by atoms with Gasteiger partial charge in [-0.05, 0) is 37.1 Å². The fourth-order valence-corrected chi connectivity index (χ4v) is 3.77. The van der Waals surface area contributed by atoms with Gasteiger partial charge in [0.2, 0.25) is 10.0 Å². The normalized spacial score (nSPS) is 11.7. The zero-order chi connectivity index (χ0) is 16.6. The second-order valence-corrected chi connectivity index (χ2v) is 7.36. The van der Waals surface area contributed by atoms with E-state index < -0.39 is 10.0 Å². The van der Waals surface area contributed by atoms with Crippen molar-refractivity contribution in [3.8, 4) is 0 Å². The van der Waals surface area contributed by atoms with Crippen molar-refractivity contribution in [1.29, 1.82) is 0 Å². The maximum absolute atomic E-state index is 12.4. The van der Waals surface area contributed by atoms with Gasteiger partial charge in [0.25, 0.3) is 0 Å². The molecule has 0 saturated carbocycles. The second-order valence-electron chi connectivity index (χ2n) is 5.64. The summed E-state index contributed by atoms with van der Waals surface area (Å²) in [5.74, 6) is -0.101. The predicted octanol–water partition coefficient (Wildman–Crippen LogP) is 2.41. The number of rotatable bonds is 4. The van der Waals surface area contributed by atoms with Gasteiger partial charge in [0.15, 0.2) is 0 Å². The minimum atomic E-state index is -3.54. The summed E-state index contributed by atoms with van der Waals surface area (Å²) in [6.07, 6.45) is 0. The summed E-state index contributed by atoms with van der Waals surface area (Å²) in [6.45, 7) is 3.71. The fourth-order valence-electron chi connectivity index (χ4n) is 2.53. The first-order valence-corrected chi connectivity index (χ1v) is 8.76. The fraction of sp³-hybridized carbons (Fsp3) is 0.188. The topological polar surface area (TPSA) is 94.8 Å². The zero-order valence-electron chi connectivity index (χ0n) is 12.8. The number of aromatic nitrogens is 2. The predicted molar refractivity (Wildman–Crippen MR) is 91.1 cm³/mol. The van der Waals surface area contributed by atoms with Crippen LogP contribution >= 0.6 is 0 Å². The molecule has 23 heavy (non-hydrogen) atoms. The number of sulfonamides is 1. The Morgan fingerprint density at radius 1 is 1.04 bits per heavy atom. The molecule has 3 aromatic rings. The van der Waals surface area contributed by atoms with Gasteiger partial charge >= 0.3 is 5.69 Å². The standard InChI is InChI=1S/C16H17N3O3S/c1-10-4-3-5-12(6-10)9-23(21,22)19-13-8-15-14(7-11(13)2)17-16(20)18-15/h3-8,19H,9H2,1-2H3,(H2,17,18,20). The quantitative estimate of drug-likeness (QED) is 0.685. The maximum Gasteiger partial charge on any atom is 0.323 e. The van der Waals surface area contributed by atoms with Gasteiger partial charge in [0.1, 0.15) is 0 Å². The van der Waals surface area contributed by atoms with Gasteiger partial charge < -0.3 is 9.97 Å². The highest BCUT2D eigenvalue weighted by atomic mass is 32.2. The SMILES string of the molecule is Cc1cccc(CS(=O)(=O)Nc2cc3[nH]c(=O)[nH]c3cc2C)c1. The van der Waals surface area contributed by atoms with Crippen molar-refractivity contribution in [2.45, 2.75) is 19.6 Å². The molecule has 0 spiro atoms. The first-order valence-electron chi connectivity index (χ1n) is 7.11. The summed E-state index contributed by atoms with van der Waals surface area (Å²) < 4.78 is 27.4. The summed E-state index contributed by atoms with van der Waals surface area (Å²) >= 11 is 0. The van der Waals surface area contributed by atoms with Crippen LogP contribution in [0.15, 0.2) is 41.2 Å². The molecule has 0 aliphatic carbocycles. The number of hydrogen-bond acceptors (Lipinski definition) is 3. The molecule has 1 heterocycles. The lowest BCUT2D eigenvalue weighted by atomic mass is 10.2. The molecule has 7 heteroatoms. The van der Waals surface area contributed by atoms with Gasteiger partial charge in [-0.2, -0.15) is 0 Å². The van der Waals surface area contributed by atoms with Crippen LogP contribution in [0.5, 0.6) is 0 Å². The summed E-state index contributed by atoms with van der Waals surface area (Å²) in [6, 6.07) is 10.7. The van der Waals surface area contributed by atoms with Crippen LogP contribution in [0.2, 0.25) is 0 Å². The van der Waals surface area contributed by atoms with Gasteiger partial charge in [-0.15, -0.1) is 0 Å². The second kappa shape index (κ2) is 5.58. The average molecular weight is 331 g/mol. The Labute approximate surface area is 133 Å². The Morgan fingerprint density at radius 3 is 2.43 bits per heavy atom. The number of anilines is 1. The zero-order valence-corrected chi connectivity index (χ0v) is 13.6. The van der Waals surface area contributed by atoms with E-state index in [2.05, 4.69) is 14.7 Å². The minimum Gasteiger partial charge on any atom is -0.306 e. The van der Waals surface area contributed by atoms with Gasteiger partial charge in [0.05, 0.1) is 22.5 Å². The highest BCUT2D eigenvalue weighted by Crippen LogP contribution is 2.22. The molecule has 0 aliphatic heterocycles. The van der Waals surface area contributed by atoms with Gasteiger partial charge in [-0.3, -0.25) is 4.72 Å². The number of aromatic amines is 2. The number of aryl methyl sites for hydroxylation is 2. The van der Waals surface area contributed by atoms with Crippen LogP contribution in [-0.2, 0) is 15.8 Å². The summed E-state index contributed by atoms with van der Waals surface area (Å²) in [4.78, 5) is 16.6. The number of imidazole rings is 1. The molecule has 1 aromatic heterocycles. The molecule has 6 nitrogen and oxygen atoms in total. The summed E-state index contributed by atoms with van der Waals surface area (Å²) in [5.41, 5.74) is 3.83. The van der Waals surface area contributed by atoms with Crippen LogP contribution in [-0.4, -0.2) is 18.4 Å². The molecule has 0 aliphatic rings. The molecule has 120 valence electrons. The van der Waals surface area contributed by atoms with Gasteiger partial charge in [0, 0.05) is 0 Å².